The summed E-state index contributed by atoms with van der Waals surface area (Å²) in [5.74, 6) is 1.56. The molecule has 4 rings (SSSR count). The minimum absolute atomic E-state index is 0.0842. The standard InChI is InChI=1S/C22H23N7O2S/c1-2-3-9-21-23-14-19(28(21)15-16-6-4-7-18(11-16)29(30)31)12-17(22-24-26-27-25-22)13-20-8-5-10-32-20/h4-8,10-12,14H,2-3,9,13,15H2,1H3,(H,24,25,26,27). The van der Waals surface area contributed by atoms with Crippen LogP contribution in [0.1, 0.15) is 47.5 Å². The first-order chi connectivity index (χ1) is 15.6. The van der Waals surface area contributed by atoms with Crippen molar-refractivity contribution >= 4 is 28.7 Å². The molecular formula is C22H23N7O2S. The number of allylic oxidation sites excluding steroid dienone is 1. The lowest BCUT2D eigenvalue weighted by atomic mass is 10.1. The molecule has 0 fully saturated rings. The average Bonchev–Trinajstić information content (AvgIpc) is 3.56. The number of benzene rings is 1. The minimum atomic E-state index is -0.369. The van der Waals surface area contributed by atoms with Crippen LogP contribution < -0.4 is 0 Å². The van der Waals surface area contributed by atoms with Gasteiger partial charge in [-0.05, 0) is 39.9 Å². The zero-order valence-electron chi connectivity index (χ0n) is 17.6. The van der Waals surface area contributed by atoms with Crippen LogP contribution in [0.4, 0.5) is 5.69 Å². The number of tetrazole rings is 1. The second-order valence-corrected chi connectivity index (χ2v) is 8.42. The molecule has 0 saturated heterocycles. The van der Waals surface area contributed by atoms with E-state index in [1.54, 1.807) is 23.5 Å². The topological polar surface area (TPSA) is 115 Å². The third kappa shape index (κ3) is 5.14. The number of aromatic amines is 1. The van der Waals surface area contributed by atoms with Crippen molar-refractivity contribution < 1.29 is 4.92 Å². The van der Waals surface area contributed by atoms with Crippen LogP contribution in [-0.2, 0) is 19.4 Å². The van der Waals surface area contributed by atoms with Crippen LogP contribution in [0.3, 0.4) is 0 Å². The molecular weight excluding hydrogens is 426 g/mol. The number of rotatable bonds is 10. The maximum absolute atomic E-state index is 11.2. The van der Waals surface area contributed by atoms with Crippen LogP contribution in [0.2, 0.25) is 0 Å². The molecule has 1 aromatic carbocycles. The molecule has 1 N–H and O–H groups in total. The number of nitro groups is 1. The minimum Gasteiger partial charge on any atom is -0.324 e. The van der Waals surface area contributed by atoms with Crippen LogP contribution in [0, 0.1) is 10.1 Å². The molecule has 3 aromatic heterocycles. The highest BCUT2D eigenvalue weighted by atomic mass is 32.1. The number of aryl methyl sites for hydroxylation is 1. The molecule has 0 unspecified atom stereocenters. The number of hydrogen-bond donors (Lipinski definition) is 1. The van der Waals surface area contributed by atoms with E-state index in [0.717, 1.165) is 41.9 Å². The van der Waals surface area contributed by atoms with E-state index in [9.17, 15) is 10.1 Å². The molecule has 0 spiro atoms. The molecule has 10 heteroatoms. The highest BCUT2D eigenvalue weighted by Gasteiger charge is 2.14. The van der Waals surface area contributed by atoms with E-state index >= 15 is 0 Å². The Morgan fingerprint density at radius 2 is 2.22 bits per heavy atom. The van der Waals surface area contributed by atoms with Crippen molar-refractivity contribution in [1.29, 1.82) is 0 Å². The summed E-state index contributed by atoms with van der Waals surface area (Å²) in [4.78, 5) is 16.7. The fourth-order valence-electron chi connectivity index (χ4n) is 3.49. The van der Waals surface area contributed by atoms with E-state index in [1.807, 2.05) is 29.8 Å². The number of nitro benzene ring substituents is 1. The van der Waals surface area contributed by atoms with Gasteiger partial charge in [0.15, 0.2) is 5.82 Å². The number of unbranched alkanes of at least 4 members (excludes halogenated alkanes) is 1. The Labute approximate surface area is 189 Å². The zero-order chi connectivity index (χ0) is 22.3. The van der Waals surface area contributed by atoms with Crippen molar-refractivity contribution in [2.24, 2.45) is 0 Å². The van der Waals surface area contributed by atoms with Crippen molar-refractivity contribution in [3.05, 3.63) is 85.9 Å². The third-order valence-electron chi connectivity index (χ3n) is 5.10. The van der Waals surface area contributed by atoms with Gasteiger partial charge < -0.3 is 4.57 Å². The van der Waals surface area contributed by atoms with Crippen LogP contribution in [0.5, 0.6) is 0 Å². The summed E-state index contributed by atoms with van der Waals surface area (Å²) < 4.78 is 2.12. The van der Waals surface area contributed by atoms with Crippen LogP contribution in [0.25, 0.3) is 11.6 Å². The van der Waals surface area contributed by atoms with Gasteiger partial charge in [-0.3, -0.25) is 10.1 Å². The lowest BCUT2D eigenvalue weighted by molar-refractivity contribution is -0.384. The molecule has 0 aliphatic rings. The molecule has 9 nitrogen and oxygen atoms in total. The van der Waals surface area contributed by atoms with Crippen molar-refractivity contribution in [2.45, 2.75) is 39.2 Å². The number of aromatic nitrogens is 6. The molecule has 0 bridgehead atoms. The van der Waals surface area contributed by atoms with Gasteiger partial charge in [0.25, 0.3) is 5.69 Å². The summed E-state index contributed by atoms with van der Waals surface area (Å²) >= 11 is 1.68. The van der Waals surface area contributed by atoms with Gasteiger partial charge >= 0.3 is 0 Å². The zero-order valence-corrected chi connectivity index (χ0v) is 18.5. The van der Waals surface area contributed by atoms with E-state index in [2.05, 4.69) is 43.2 Å². The molecule has 3 heterocycles. The van der Waals surface area contributed by atoms with Crippen molar-refractivity contribution in [3.63, 3.8) is 0 Å². The first-order valence-corrected chi connectivity index (χ1v) is 11.3. The van der Waals surface area contributed by atoms with Crippen LogP contribution in [-0.4, -0.2) is 35.1 Å². The monoisotopic (exact) mass is 449 g/mol. The van der Waals surface area contributed by atoms with E-state index in [-0.39, 0.29) is 10.6 Å². The lowest BCUT2D eigenvalue weighted by Gasteiger charge is -2.12. The van der Waals surface area contributed by atoms with Gasteiger partial charge in [0, 0.05) is 42.0 Å². The Hall–Kier alpha value is -3.66. The Morgan fingerprint density at radius 1 is 1.31 bits per heavy atom. The van der Waals surface area contributed by atoms with Gasteiger partial charge in [-0.15, -0.1) is 16.4 Å². The molecule has 0 saturated carbocycles. The number of thiophene rings is 1. The largest absolute Gasteiger partial charge is 0.324 e. The van der Waals surface area contributed by atoms with Gasteiger partial charge in [0.1, 0.15) is 5.82 Å². The Bertz CT molecular complexity index is 1200. The fraction of sp³-hybridized carbons (Fsp3) is 0.273. The van der Waals surface area contributed by atoms with Crippen molar-refractivity contribution in [1.82, 2.24) is 30.2 Å². The average molecular weight is 450 g/mol. The van der Waals surface area contributed by atoms with Crippen molar-refractivity contribution in [2.75, 3.05) is 0 Å². The predicted molar refractivity (Wildman–Crippen MR) is 123 cm³/mol. The van der Waals surface area contributed by atoms with Crippen LogP contribution in [0.15, 0.2) is 48.0 Å². The molecule has 0 aliphatic carbocycles. The number of hydrogen-bond acceptors (Lipinski definition) is 7. The SMILES string of the molecule is CCCCc1ncc(C=C(Cc2cccs2)c2nnn[nH]2)n1Cc1cccc([N+](=O)[O-])c1. The second kappa shape index (κ2) is 10.1. The Morgan fingerprint density at radius 3 is 2.94 bits per heavy atom. The van der Waals surface area contributed by atoms with E-state index in [0.29, 0.717) is 18.8 Å². The van der Waals surface area contributed by atoms with Gasteiger partial charge in [-0.25, -0.2) is 10.1 Å². The Kier molecular flexibility index (Phi) is 6.81. The van der Waals surface area contributed by atoms with E-state index in [1.165, 1.54) is 10.9 Å². The smallest absolute Gasteiger partial charge is 0.269 e. The molecule has 0 aliphatic heterocycles. The maximum atomic E-state index is 11.2. The summed E-state index contributed by atoms with van der Waals surface area (Å²) in [6, 6.07) is 10.8. The number of nitrogens with zero attached hydrogens (tertiary/aromatic N) is 6. The number of H-pyrrole nitrogens is 1. The molecule has 0 amide bonds. The normalized spacial score (nSPS) is 11.7. The summed E-state index contributed by atoms with van der Waals surface area (Å²) in [6.07, 6.45) is 7.48. The molecule has 4 aromatic rings. The predicted octanol–water partition coefficient (Wildman–Crippen LogP) is 4.54. The number of imidazole rings is 1. The van der Waals surface area contributed by atoms with E-state index in [4.69, 9.17) is 0 Å². The first kappa shape index (κ1) is 21.6. The lowest BCUT2D eigenvalue weighted by Crippen LogP contribution is -2.08. The van der Waals surface area contributed by atoms with E-state index < -0.39 is 0 Å². The maximum Gasteiger partial charge on any atom is 0.269 e. The number of nitrogens with one attached hydrogen (secondary N) is 1. The molecule has 0 atom stereocenters. The highest BCUT2D eigenvalue weighted by Crippen LogP contribution is 2.24. The molecule has 0 radical (unpaired) electrons. The Balaban J connectivity index is 1.73. The molecule has 32 heavy (non-hydrogen) atoms. The summed E-state index contributed by atoms with van der Waals surface area (Å²) in [7, 11) is 0. The van der Waals surface area contributed by atoms with Gasteiger partial charge in [-0.1, -0.05) is 31.5 Å². The quantitative estimate of drug-likeness (QED) is 0.281. The van der Waals surface area contributed by atoms with Crippen LogP contribution >= 0.6 is 11.3 Å². The van der Waals surface area contributed by atoms with Gasteiger partial charge in [0.2, 0.25) is 0 Å². The van der Waals surface area contributed by atoms with Gasteiger partial charge in [-0.2, -0.15) is 0 Å². The highest BCUT2D eigenvalue weighted by molar-refractivity contribution is 7.10. The van der Waals surface area contributed by atoms with Crippen molar-refractivity contribution in [3.8, 4) is 0 Å². The van der Waals surface area contributed by atoms with Gasteiger partial charge in [0.05, 0.1) is 16.8 Å². The first-order valence-electron chi connectivity index (χ1n) is 10.4. The number of non-ortho nitro benzene ring substituents is 1. The molecule has 164 valence electrons. The fourth-order valence-corrected chi connectivity index (χ4v) is 4.22. The second-order valence-electron chi connectivity index (χ2n) is 7.39. The summed E-state index contributed by atoms with van der Waals surface area (Å²) in [5.41, 5.74) is 2.79. The summed E-state index contributed by atoms with van der Waals surface area (Å²) in [6.45, 7) is 2.64. The third-order valence-corrected chi connectivity index (χ3v) is 5.98. The summed E-state index contributed by atoms with van der Waals surface area (Å²) in [5, 5.41) is 27.7.